The molecule has 1 aromatic heterocycles. The third-order valence-corrected chi connectivity index (χ3v) is 3.11. The number of hydrogen-bond donors (Lipinski definition) is 0. The van der Waals surface area contributed by atoms with E-state index in [-0.39, 0.29) is 5.78 Å². The molecule has 1 aromatic carbocycles. The van der Waals surface area contributed by atoms with Gasteiger partial charge >= 0.3 is 0 Å². The molecule has 0 unspecified atom stereocenters. The van der Waals surface area contributed by atoms with Crippen molar-refractivity contribution in [1.82, 2.24) is 9.97 Å². The molecule has 19 heavy (non-hydrogen) atoms. The van der Waals surface area contributed by atoms with Gasteiger partial charge in [0.15, 0.2) is 5.78 Å². The van der Waals surface area contributed by atoms with Gasteiger partial charge in [0.05, 0.1) is 5.69 Å². The van der Waals surface area contributed by atoms with E-state index >= 15 is 0 Å². The standard InChI is InChI=1S/C15H17N3O/c1-4-18(3)15-9-14(16-10-17-15)13-7-5-12(6-8-13)11(2)19/h5-10H,4H2,1-3H3. The molecule has 0 saturated heterocycles. The van der Waals surface area contributed by atoms with E-state index in [0.717, 1.165) is 23.6 Å². The lowest BCUT2D eigenvalue weighted by molar-refractivity contribution is 0.101. The average Bonchev–Trinajstić information content (AvgIpc) is 2.46. The lowest BCUT2D eigenvalue weighted by Gasteiger charge is -2.15. The first kappa shape index (κ1) is 13.2. The molecule has 4 heteroatoms. The van der Waals surface area contributed by atoms with Crippen molar-refractivity contribution in [3.05, 3.63) is 42.2 Å². The third-order valence-electron chi connectivity index (χ3n) is 3.11. The van der Waals surface area contributed by atoms with Gasteiger partial charge in [-0.3, -0.25) is 4.79 Å². The van der Waals surface area contributed by atoms with Gasteiger partial charge in [0, 0.05) is 30.8 Å². The summed E-state index contributed by atoms with van der Waals surface area (Å²) in [4.78, 5) is 21.8. The topological polar surface area (TPSA) is 46.1 Å². The fraction of sp³-hybridized carbons (Fsp3) is 0.267. The highest BCUT2D eigenvalue weighted by molar-refractivity contribution is 5.94. The smallest absolute Gasteiger partial charge is 0.159 e. The highest BCUT2D eigenvalue weighted by Crippen LogP contribution is 2.20. The van der Waals surface area contributed by atoms with E-state index in [2.05, 4.69) is 21.8 Å². The van der Waals surface area contributed by atoms with Crippen LogP contribution >= 0.6 is 0 Å². The SMILES string of the molecule is CCN(C)c1cc(-c2ccc(C(C)=O)cc2)ncn1. The summed E-state index contributed by atoms with van der Waals surface area (Å²) in [6.45, 7) is 4.52. The van der Waals surface area contributed by atoms with Crippen LogP contribution < -0.4 is 4.90 Å². The lowest BCUT2D eigenvalue weighted by Crippen LogP contribution is -2.17. The second-order valence-corrected chi connectivity index (χ2v) is 4.41. The number of benzene rings is 1. The molecule has 4 nitrogen and oxygen atoms in total. The molecule has 0 atom stereocenters. The van der Waals surface area contributed by atoms with E-state index in [1.807, 2.05) is 37.4 Å². The van der Waals surface area contributed by atoms with Crippen LogP contribution in [0.25, 0.3) is 11.3 Å². The molecule has 0 aliphatic rings. The van der Waals surface area contributed by atoms with Crippen LogP contribution in [0.1, 0.15) is 24.2 Å². The largest absolute Gasteiger partial charge is 0.360 e. The lowest BCUT2D eigenvalue weighted by atomic mass is 10.1. The molecule has 1 heterocycles. The molecule has 2 aromatic rings. The number of rotatable bonds is 4. The van der Waals surface area contributed by atoms with Gasteiger partial charge in [-0.05, 0) is 13.8 Å². The molecule has 0 radical (unpaired) electrons. The van der Waals surface area contributed by atoms with Crippen LogP contribution in [0.2, 0.25) is 0 Å². The van der Waals surface area contributed by atoms with Crippen LogP contribution in [-0.2, 0) is 0 Å². The van der Waals surface area contributed by atoms with Gasteiger partial charge in [-0.2, -0.15) is 0 Å². The molecule has 0 fully saturated rings. The molecule has 98 valence electrons. The maximum atomic E-state index is 11.2. The van der Waals surface area contributed by atoms with Crippen LogP contribution in [0.3, 0.4) is 0 Å². The molecule has 0 saturated carbocycles. The molecule has 0 aliphatic heterocycles. The Hall–Kier alpha value is -2.23. The fourth-order valence-electron chi connectivity index (χ4n) is 1.75. The minimum Gasteiger partial charge on any atom is -0.360 e. The van der Waals surface area contributed by atoms with Crippen LogP contribution in [0.15, 0.2) is 36.7 Å². The predicted octanol–water partition coefficient (Wildman–Crippen LogP) is 2.80. The van der Waals surface area contributed by atoms with Crippen molar-refractivity contribution in [1.29, 1.82) is 0 Å². The third kappa shape index (κ3) is 2.96. The van der Waals surface area contributed by atoms with Gasteiger partial charge in [-0.15, -0.1) is 0 Å². The summed E-state index contributed by atoms with van der Waals surface area (Å²) in [5.41, 5.74) is 2.56. The first-order chi connectivity index (χ1) is 9.11. The number of anilines is 1. The number of carbonyl (C=O) groups excluding carboxylic acids is 1. The van der Waals surface area contributed by atoms with Crippen molar-refractivity contribution in [3.8, 4) is 11.3 Å². The van der Waals surface area contributed by atoms with Crippen molar-refractivity contribution in [2.24, 2.45) is 0 Å². The van der Waals surface area contributed by atoms with E-state index in [4.69, 9.17) is 0 Å². The second-order valence-electron chi connectivity index (χ2n) is 4.41. The molecular formula is C15H17N3O. The van der Waals surface area contributed by atoms with Gasteiger partial charge < -0.3 is 4.90 Å². The number of ketones is 1. The predicted molar refractivity (Wildman–Crippen MR) is 76.4 cm³/mol. The molecular weight excluding hydrogens is 238 g/mol. The molecule has 0 spiro atoms. The summed E-state index contributed by atoms with van der Waals surface area (Å²) in [6.07, 6.45) is 1.57. The molecule has 2 rings (SSSR count). The van der Waals surface area contributed by atoms with E-state index < -0.39 is 0 Å². The van der Waals surface area contributed by atoms with Crippen LogP contribution in [0.4, 0.5) is 5.82 Å². The first-order valence-electron chi connectivity index (χ1n) is 6.26. The van der Waals surface area contributed by atoms with Gasteiger partial charge in [-0.25, -0.2) is 9.97 Å². The first-order valence-corrected chi connectivity index (χ1v) is 6.26. The summed E-state index contributed by atoms with van der Waals surface area (Å²) in [6, 6.07) is 9.42. The minimum absolute atomic E-state index is 0.0700. The van der Waals surface area contributed by atoms with E-state index in [1.54, 1.807) is 13.3 Å². The maximum absolute atomic E-state index is 11.2. The van der Waals surface area contributed by atoms with Crippen molar-refractivity contribution in [2.75, 3.05) is 18.5 Å². The highest BCUT2D eigenvalue weighted by atomic mass is 16.1. The Labute approximate surface area is 113 Å². The Bertz CT molecular complexity index is 578. The van der Waals surface area contributed by atoms with Gasteiger partial charge in [0.25, 0.3) is 0 Å². The van der Waals surface area contributed by atoms with E-state index in [9.17, 15) is 4.79 Å². The molecule has 0 N–H and O–H groups in total. The fourth-order valence-corrected chi connectivity index (χ4v) is 1.75. The highest BCUT2D eigenvalue weighted by Gasteiger charge is 2.05. The van der Waals surface area contributed by atoms with Crippen molar-refractivity contribution in [3.63, 3.8) is 0 Å². The number of aromatic nitrogens is 2. The zero-order valence-electron chi connectivity index (χ0n) is 11.4. The maximum Gasteiger partial charge on any atom is 0.159 e. The minimum atomic E-state index is 0.0700. The monoisotopic (exact) mass is 255 g/mol. The van der Waals surface area contributed by atoms with Gasteiger partial charge in [0.2, 0.25) is 0 Å². The van der Waals surface area contributed by atoms with Crippen molar-refractivity contribution >= 4 is 11.6 Å². The Kier molecular flexibility index (Phi) is 3.90. The van der Waals surface area contributed by atoms with E-state index in [1.165, 1.54) is 0 Å². The zero-order chi connectivity index (χ0) is 13.8. The molecule has 0 aliphatic carbocycles. The van der Waals surface area contributed by atoms with Crippen LogP contribution in [0.5, 0.6) is 0 Å². The van der Waals surface area contributed by atoms with Gasteiger partial charge in [-0.1, -0.05) is 24.3 Å². The van der Waals surface area contributed by atoms with E-state index in [0.29, 0.717) is 5.56 Å². The van der Waals surface area contributed by atoms with Gasteiger partial charge in [0.1, 0.15) is 12.1 Å². The quantitative estimate of drug-likeness (QED) is 0.788. The van der Waals surface area contributed by atoms with Crippen molar-refractivity contribution in [2.45, 2.75) is 13.8 Å². The number of nitrogens with zero attached hydrogens (tertiary/aromatic N) is 3. The zero-order valence-corrected chi connectivity index (χ0v) is 11.4. The molecule has 0 amide bonds. The summed E-state index contributed by atoms with van der Waals surface area (Å²) in [5.74, 6) is 0.962. The second kappa shape index (κ2) is 5.61. The Morgan fingerprint density at radius 1 is 1.21 bits per heavy atom. The summed E-state index contributed by atoms with van der Waals surface area (Å²) < 4.78 is 0. The molecule has 0 bridgehead atoms. The van der Waals surface area contributed by atoms with Crippen LogP contribution in [0, 0.1) is 0 Å². The Balaban J connectivity index is 2.33. The Morgan fingerprint density at radius 2 is 1.89 bits per heavy atom. The number of hydrogen-bond acceptors (Lipinski definition) is 4. The normalized spacial score (nSPS) is 10.3. The number of carbonyl (C=O) groups is 1. The summed E-state index contributed by atoms with van der Waals surface area (Å²) in [7, 11) is 1.99. The number of Topliss-reactive ketones (excluding diaryl/α,β-unsaturated/α-hetero) is 1. The summed E-state index contributed by atoms with van der Waals surface area (Å²) >= 11 is 0. The summed E-state index contributed by atoms with van der Waals surface area (Å²) in [5, 5.41) is 0. The Morgan fingerprint density at radius 3 is 2.47 bits per heavy atom. The van der Waals surface area contributed by atoms with Crippen molar-refractivity contribution < 1.29 is 4.79 Å². The van der Waals surface area contributed by atoms with Crippen LogP contribution in [-0.4, -0.2) is 29.3 Å². The average molecular weight is 255 g/mol.